The second-order valence-electron chi connectivity index (χ2n) is 4.29. The molecule has 0 aliphatic heterocycles. The molecule has 0 unspecified atom stereocenters. The Morgan fingerprint density at radius 1 is 1.20 bits per heavy atom. The van der Waals surface area contributed by atoms with Crippen molar-refractivity contribution in [1.29, 1.82) is 0 Å². The molecule has 2 aromatic carbocycles. The van der Waals surface area contributed by atoms with Crippen LogP contribution in [-0.4, -0.2) is 5.97 Å². The molecule has 1 aromatic heterocycles. The van der Waals surface area contributed by atoms with Crippen LogP contribution >= 0.6 is 11.6 Å². The van der Waals surface area contributed by atoms with E-state index < -0.39 is 5.97 Å². The third-order valence-electron chi connectivity index (χ3n) is 2.87. The van der Waals surface area contributed by atoms with Gasteiger partial charge in [-0.05, 0) is 30.3 Å². The molecule has 5 heteroatoms. The van der Waals surface area contributed by atoms with Crippen molar-refractivity contribution in [2.75, 3.05) is 0 Å². The summed E-state index contributed by atoms with van der Waals surface area (Å²) in [5.41, 5.74) is 0.524. The second kappa shape index (κ2) is 4.65. The number of rotatable bonds is 1. The molecule has 3 rings (SSSR count). The molecular formula is C15H9ClO4. The highest BCUT2D eigenvalue weighted by atomic mass is 35.5. The SMILES string of the molecule is CC(=O)Oc1cccc2oc3ccc(Cl)cc3c(=O)c12. The van der Waals surface area contributed by atoms with Crippen LogP contribution in [0, 0.1) is 0 Å². The maximum atomic E-state index is 12.5. The first-order valence-electron chi connectivity index (χ1n) is 5.90. The zero-order valence-corrected chi connectivity index (χ0v) is 11.2. The second-order valence-corrected chi connectivity index (χ2v) is 4.73. The van der Waals surface area contributed by atoms with Gasteiger partial charge in [-0.2, -0.15) is 0 Å². The van der Waals surface area contributed by atoms with E-state index in [9.17, 15) is 9.59 Å². The number of carbonyl (C=O) groups excluding carboxylic acids is 1. The first kappa shape index (κ1) is 12.7. The van der Waals surface area contributed by atoms with Crippen molar-refractivity contribution >= 4 is 39.5 Å². The number of hydrogen-bond donors (Lipinski definition) is 0. The van der Waals surface area contributed by atoms with Crippen molar-refractivity contribution in [1.82, 2.24) is 0 Å². The summed E-state index contributed by atoms with van der Waals surface area (Å²) in [5.74, 6) is -0.311. The van der Waals surface area contributed by atoms with Crippen molar-refractivity contribution in [3.8, 4) is 5.75 Å². The predicted molar refractivity (Wildman–Crippen MR) is 76.3 cm³/mol. The Labute approximate surface area is 118 Å². The van der Waals surface area contributed by atoms with Gasteiger partial charge in [0.2, 0.25) is 5.43 Å². The van der Waals surface area contributed by atoms with Crippen molar-refractivity contribution in [2.24, 2.45) is 0 Å². The summed E-state index contributed by atoms with van der Waals surface area (Å²) in [5, 5.41) is 1.02. The Hall–Kier alpha value is -2.33. The van der Waals surface area contributed by atoms with Crippen LogP contribution in [0.3, 0.4) is 0 Å². The Bertz CT molecular complexity index is 895. The van der Waals surface area contributed by atoms with E-state index in [2.05, 4.69) is 0 Å². The predicted octanol–water partition coefficient (Wildman–Crippen LogP) is 3.52. The van der Waals surface area contributed by atoms with Crippen molar-refractivity contribution in [3.05, 3.63) is 51.6 Å². The molecule has 0 fully saturated rings. The zero-order valence-electron chi connectivity index (χ0n) is 10.5. The highest BCUT2D eigenvalue weighted by Crippen LogP contribution is 2.27. The fourth-order valence-corrected chi connectivity index (χ4v) is 2.25. The molecule has 0 bridgehead atoms. The first-order valence-corrected chi connectivity index (χ1v) is 6.27. The number of benzene rings is 2. The molecule has 0 radical (unpaired) electrons. The van der Waals surface area contributed by atoms with Crippen LogP contribution < -0.4 is 10.2 Å². The van der Waals surface area contributed by atoms with E-state index in [-0.39, 0.29) is 16.6 Å². The largest absolute Gasteiger partial charge is 0.456 e. The van der Waals surface area contributed by atoms with Gasteiger partial charge in [0.1, 0.15) is 22.3 Å². The van der Waals surface area contributed by atoms with Crippen LogP contribution in [0.25, 0.3) is 21.9 Å². The van der Waals surface area contributed by atoms with E-state index in [1.165, 1.54) is 13.0 Å². The Morgan fingerprint density at radius 3 is 2.75 bits per heavy atom. The van der Waals surface area contributed by atoms with E-state index >= 15 is 0 Å². The smallest absolute Gasteiger partial charge is 0.308 e. The summed E-state index contributed by atoms with van der Waals surface area (Å²) < 4.78 is 10.7. The number of carbonyl (C=O) groups is 1. The molecule has 0 saturated carbocycles. The van der Waals surface area contributed by atoms with Crippen LogP contribution in [0.1, 0.15) is 6.92 Å². The fraction of sp³-hybridized carbons (Fsp3) is 0.0667. The van der Waals surface area contributed by atoms with Crippen LogP contribution in [0.4, 0.5) is 0 Å². The van der Waals surface area contributed by atoms with Gasteiger partial charge in [-0.15, -0.1) is 0 Å². The minimum atomic E-state index is -0.497. The summed E-state index contributed by atoms with van der Waals surface area (Å²) in [6, 6.07) is 9.68. The molecule has 0 aliphatic carbocycles. The Kier molecular flexibility index (Phi) is 2.95. The van der Waals surface area contributed by atoms with Gasteiger partial charge in [-0.1, -0.05) is 17.7 Å². The van der Waals surface area contributed by atoms with Crippen LogP contribution in [0.2, 0.25) is 5.02 Å². The molecule has 0 N–H and O–H groups in total. The highest BCUT2D eigenvalue weighted by Gasteiger charge is 2.13. The molecular weight excluding hydrogens is 280 g/mol. The summed E-state index contributed by atoms with van der Waals surface area (Å²) in [4.78, 5) is 23.6. The summed E-state index contributed by atoms with van der Waals surface area (Å²) >= 11 is 5.90. The molecule has 20 heavy (non-hydrogen) atoms. The van der Waals surface area contributed by atoms with E-state index in [0.29, 0.717) is 21.6 Å². The number of esters is 1. The summed E-state index contributed by atoms with van der Waals surface area (Å²) in [6.07, 6.45) is 0. The third-order valence-corrected chi connectivity index (χ3v) is 3.11. The van der Waals surface area contributed by atoms with Gasteiger partial charge in [0, 0.05) is 11.9 Å². The molecule has 0 aliphatic rings. The molecule has 0 saturated heterocycles. The summed E-state index contributed by atoms with van der Waals surface area (Å²) in [7, 11) is 0. The number of halogens is 1. The minimum Gasteiger partial charge on any atom is -0.456 e. The lowest BCUT2D eigenvalue weighted by Gasteiger charge is -2.06. The lowest BCUT2D eigenvalue weighted by molar-refractivity contribution is -0.131. The normalized spacial score (nSPS) is 10.9. The molecule has 0 amide bonds. The zero-order chi connectivity index (χ0) is 14.3. The average molecular weight is 289 g/mol. The Balaban J connectivity index is 2.45. The molecule has 100 valence electrons. The standard InChI is InChI=1S/C15H9ClO4/c1-8(17)19-12-3-2-4-13-14(12)15(18)10-7-9(16)5-6-11(10)20-13/h2-7H,1H3. The van der Waals surface area contributed by atoms with Crippen molar-refractivity contribution in [2.45, 2.75) is 6.92 Å². The van der Waals surface area contributed by atoms with Gasteiger partial charge >= 0.3 is 5.97 Å². The molecule has 1 heterocycles. The maximum Gasteiger partial charge on any atom is 0.308 e. The van der Waals surface area contributed by atoms with Crippen molar-refractivity contribution in [3.63, 3.8) is 0 Å². The average Bonchev–Trinajstić information content (AvgIpc) is 2.39. The van der Waals surface area contributed by atoms with Gasteiger partial charge in [0.05, 0.1) is 5.39 Å². The molecule has 4 nitrogen and oxygen atoms in total. The number of ether oxygens (including phenoxy) is 1. The van der Waals surface area contributed by atoms with Crippen LogP contribution in [-0.2, 0) is 4.79 Å². The maximum absolute atomic E-state index is 12.5. The third kappa shape index (κ3) is 2.04. The molecule has 0 spiro atoms. The molecule has 0 atom stereocenters. The van der Waals surface area contributed by atoms with E-state index in [1.807, 2.05) is 0 Å². The van der Waals surface area contributed by atoms with Crippen LogP contribution in [0.15, 0.2) is 45.6 Å². The topological polar surface area (TPSA) is 56.5 Å². The van der Waals surface area contributed by atoms with Gasteiger partial charge < -0.3 is 9.15 Å². The highest BCUT2D eigenvalue weighted by molar-refractivity contribution is 6.31. The van der Waals surface area contributed by atoms with E-state index in [0.717, 1.165) is 0 Å². The van der Waals surface area contributed by atoms with Gasteiger partial charge in [-0.25, -0.2) is 0 Å². The first-order chi connectivity index (χ1) is 9.56. The van der Waals surface area contributed by atoms with Gasteiger partial charge in [-0.3, -0.25) is 9.59 Å². The molecule has 3 aromatic rings. The van der Waals surface area contributed by atoms with Crippen LogP contribution in [0.5, 0.6) is 5.75 Å². The lowest BCUT2D eigenvalue weighted by atomic mass is 10.1. The number of hydrogen-bond acceptors (Lipinski definition) is 4. The van der Waals surface area contributed by atoms with Crippen molar-refractivity contribution < 1.29 is 13.9 Å². The monoisotopic (exact) mass is 288 g/mol. The fourth-order valence-electron chi connectivity index (χ4n) is 2.08. The van der Waals surface area contributed by atoms with E-state index in [1.54, 1.807) is 30.3 Å². The van der Waals surface area contributed by atoms with E-state index in [4.69, 9.17) is 20.8 Å². The summed E-state index contributed by atoms with van der Waals surface area (Å²) in [6.45, 7) is 1.28. The Morgan fingerprint density at radius 2 is 2.00 bits per heavy atom. The lowest BCUT2D eigenvalue weighted by Crippen LogP contribution is -2.08. The number of fused-ring (bicyclic) bond motifs is 2. The van der Waals surface area contributed by atoms with Gasteiger partial charge in [0.15, 0.2) is 0 Å². The minimum absolute atomic E-state index is 0.186. The quantitative estimate of drug-likeness (QED) is 0.390. The van der Waals surface area contributed by atoms with Gasteiger partial charge in [0.25, 0.3) is 0 Å².